The lowest BCUT2D eigenvalue weighted by atomic mass is 10.1. The molecule has 6 heteroatoms. The van der Waals surface area contributed by atoms with Gasteiger partial charge < -0.3 is 9.64 Å². The summed E-state index contributed by atoms with van der Waals surface area (Å²) in [7, 11) is 0. The van der Waals surface area contributed by atoms with E-state index >= 15 is 0 Å². The first-order chi connectivity index (χ1) is 11.1. The largest absolute Gasteiger partial charge is 0.377 e. The zero-order chi connectivity index (χ0) is 16.0. The zero-order valence-corrected chi connectivity index (χ0v) is 14.4. The van der Waals surface area contributed by atoms with E-state index in [1.807, 2.05) is 4.52 Å². The molecule has 1 fully saturated rings. The lowest BCUT2D eigenvalue weighted by molar-refractivity contribution is 0.0760. The van der Waals surface area contributed by atoms with Gasteiger partial charge in [-0.15, -0.1) is 5.10 Å². The van der Waals surface area contributed by atoms with Gasteiger partial charge in [-0.05, 0) is 20.8 Å². The van der Waals surface area contributed by atoms with Crippen LogP contribution in [0, 0.1) is 6.92 Å². The van der Waals surface area contributed by atoms with Crippen LogP contribution in [0.4, 0.5) is 5.00 Å². The van der Waals surface area contributed by atoms with Gasteiger partial charge in [0.1, 0.15) is 5.00 Å². The van der Waals surface area contributed by atoms with E-state index in [1.54, 1.807) is 11.3 Å². The van der Waals surface area contributed by atoms with Crippen LogP contribution < -0.4 is 4.90 Å². The standard InChI is InChI=1S/C17H20N4OS/c1-11-4-6-14(7-5-11)16-18-17-20(19-16)8-15(23-17)21-12(2)9-22-10-13(21)3/h4-8,12-13H,9-10H2,1-3H3. The third-order valence-corrected chi connectivity index (χ3v) is 5.25. The van der Waals surface area contributed by atoms with Crippen molar-refractivity contribution < 1.29 is 4.74 Å². The third kappa shape index (κ3) is 2.62. The molecular formula is C17H20N4OS. The summed E-state index contributed by atoms with van der Waals surface area (Å²) in [5.74, 6) is 0.783. The number of benzene rings is 1. The fraction of sp³-hybridized carbons (Fsp3) is 0.412. The molecule has 1 aliphatic heterocycles. The van der Waals surface area contributed by atoms with Crippen molar-refractivity contribution in [2.45, 2.75) is 32.9 Å². The van der Waals surface area contributed by atoms with E-state index in [2.05, 4.69) is 61.2 Å². The molecule has 2 aromatic heterocycles. The van der Waals surface area contributed by atoms with Crippen LogP contribution in [0.1, 0.15) is 19.4 Å². The van der Waals surface area contributed by atoms with Crippen LogP contribution in [-0.4, -0.2) is 39.9 Å². The maximum absolute atomic E-state index is 5.61. The number of fused-ring (bicyclic) bond motifs is 1. The summed E-state index contributed by atoms with van der Waals surface area (Å²) >= 11 is 1.69. The van der Waals surface area contributed by atoms with Gasteiger partial charge in [-0.3, -0.25) is 0 Å². The van der Waals surface area contributed by atoms with Crippen LogP contribution >= 0.6 is 11.3 Å². The van der Waals surface area contributed by atoms with Gasteiger partial charge in [-0.25, -0.2) is 4.52 Å². The molecule has 3 aromatic rings. The molecule has 23 heavy (non-hydrogen) atoms. The van der Waals surface area contributed by atoms with Gasteiger partial charge in [0.05, 0.1) is 31.5 Å². The molecule has 3 heterocycles. The summed E-state index contributed by atoms with van der Waals surface area (Å²) < 4.78 is 7.51. The van der Waals surface area contributed by atoms with Crippen molar-refractivity contribution in [3.05, 3.63) is 36.0 Å². The Balaban J connectivity index is 1.67. The van der Waals surface area contributed by atoms with Crippen molar-refractivity contribution in [3.63, 3.8) is 0 Å². The smallest absolute Gasteiger partial charge is 0.214 e. The number of aryl methyl sites for hydroxylation is 1. The number of aromatic nitrogens is 3. The molecule has 1 saturated heterocycles. The van der Waals surface area contributed by atoms with Crippen LogP contribution in [0.3, 0.4) is 0 Å². The highest BCUT2D eigenvalue weighted by atomic mass is 32.1. The summed E-state index contributed by atoms with van der Waals surface area (Å²) in [6.45, 7) is 8.02. The number of hydrogen-bond donors (Lipinski definition) is 0. The van der Waals surface area contributed by atoms with Gasteiger partial charge in [-0.2, -0.15) is 4.98 Å². The van der Waals surface area contributed by atoms with Crippen molar-refractivity contribution >= 4 is 21.3 Å². The predicted molar refractivity (Wildman–Crippen MR) is 93.3 cm³/mol. The Hall–Kier alpha value is -1.92. The number of morpholine rings is 1. The molecule has 0 spiro atoms. The highest BCUT2D eigenvalue weighted by Crippen LogP contribution is 2.31. The van der Waals surface area contributed by atoms with Crippen molar-refractivity contribution in [2.24, 2.45) is 0 Å². The Morgan fingerprint density at radius 2 is 1.83 bits per heavy atom. The maximum atomic E-state index is 5.61. The average molecular weight is 328 g/mol. The molecule has 4 rings (SSSR count). The molecule has 120 valence electrons. The minimum Gasteiger partial charge on any atom is -0.377 e. The lowest BCUT2D eigenvalue weighted by Gasteiger charge is -2.39. The van der Waals surface area contributed by atoms with Gasteiger partial charge in [0.2, 0.25) is 4.96 Å². The van der Waals surface area contributed by atoms with E-state index < -0.39 is 0 Å². The summed E-state index contributed by atoms with van der Waals surface area (Å²) in [5.41, 5.74) is 2.30. The molecule has 5 nitrogen and oxygen atoms in total. The molecule has 0 bridgehead atoms. The Morgan fingerprint density at radius 3 is 2.48 bits per heavy atom. The molecule has 0 amide bonds. The van der Waals surface area contributed by atoms with Crippen LogP contribution in [0.25, 0.3) is 16.3 Å². The van der Waals surface area contributed by atoms with Crippen molar-refractivity contribution in [1.29, 1.82) is 0 Å². The van der Waals surface area contributed by atoms with Gasteiger partial charge >= 0.3 is 0 Å². The molecule has 2 atom stereocenters. The monoisotopic (exact) mass is 328 g/mol. The first-order valence-electron chi connectivity index (χ1n) is 7.91. The number of anilines is 1. The summed E-state index contributed by atoms with van der Waals surface area (Å²) in [6, 6.07) is 9.07. The van der Waals surface area contributed by atoms with Gasteiger partial charge in [0.25, 0.3) is 0 Å². The topological polar surface area (TPSA) is 42.7 Å². The molecule has 0 radical (unpaired) electrons. The van der Waals surface area contributed by atoms with Crippen LogP contribution in [0.2, 0.25) is 0 Å². The van der Waals surface area contributed by atoms with Gasteiger partial charge in [-0.1, -0.05) is 41.2 Å². The SMILES string of the molecule is Cc1ccc(-c2nc3sc(N4C(C)COCC4C)cn3n2)cc1. The van der Waals surface area contributed by atoms with Crippen LogP contribution in [0.5, 0.6) is 0 Å². The highest BCUT2D eigenvalue weighted by molar-refractivity contribution is 7.20. The highest BCUT2D eigenvalue weighted by Gasteiger charge is 2.27. The maximum Gasteiger partial charge on any atom is 0.214 e. The molecule has 0 saturated carbocycles. The van der Waals surface area contributed by atoms with Gasteiger partial charge in [0.15, 0.2) is 5.82 Å². The Kier molecular flexibility index (Phi) is 3.58. The molecule has 0 aliphatic carbocycles. The van der Waals surface area contributed by atoms with E-state index in [-0.39, 0.29) is 0 Å². The Bertz CT molecular complexity index is 781. The predicted octanol–water partition coefficient (Wildman–Crippen LogP) is 3.38. The van der Waals surface area contributed by atoms with E-state index in [9.17, 15) is 0 Å². The number of nitrogens with zero attached hydrogens (tertiary/aromatic N) is 4. The lowest BCUT2D eigenvalue weighted by Crippen LogP contribution is -2.49. The normalized spacial score (nSPS) is 22.0. The summed E-state index contributed by atoms with van der Waals surface area (Å²) in [6.07, 6.45) is 2.09. The molecule has 1 aromatic carbocycles. The van der Waals surface area contributed by atoms with Crippen LogP contribution in [-0.2, 0) is 4.74 Å². The van der Waals surface area contributed by atoms with Crippen molar-refractivity contribution in [1.82, 2.24) is 14.6 Å². The van der Waals surface area contributed by atoms with Crippen molar-refractivity contribution in [2.75, 3.05) is 18.1 Å². The summed E-state index contributed by atoms with van der Waals surface area (Å²) in [5, 5.41) is 5.84. The zero-order valence-electron chi connectivity index (χ0n) is 13.6. The average Bonchev–Trinajstić information content (AvgIpc) is 3.06. The molecule has 0 N–H and O–H groups in total. The number of rotatable bonds is 2. The molecule has 1 aliphatic rings. The van der Waals surface area contributed by atoms with Gasteiger partial charge in [0, 0.05) is 5.56 Å². The minimum atomic E-state index is 0.374. The van der Waals surface area contributed by atoms with E-state index in [0.717, 1.165) is 29.6 Å². The van der Waals surface area contributed by atoms with E-state index in [0.29, 0.717) is 12.1 Å². The second-order valence-corrected chi connectivity index (χ2v) is 7.23. The minimum absolute atomic E-state index is 0.374. The van der Waals surface area contributed by atoms with Crippen LogP contribution in [0.15, 0.2) is 30.5 Å². The fourth-order valence-electron chi connectivity index (χ4n) is 3.07. The van der Waals surface area contributed by atoms with Crippen molar-refractivity contribution in [3.8, 4) is 11.4 Å². The fourth-order valence-corrected chi connectivity index (χ4v) is 4.19. The van der Waals surface area contributed by atoms with E-state index in [1.165, 1.54) is 10.6 Å². The second-order valence-electron chi connectivity index (χ2n) is 6.24. The first-order valence-corrected chi connectivity index (χ1v) is 8.73. The molecule has 2 unspecified atom stereocenters. The number of hydrogen-bond acceptors (Lipinski definition) is 5. The van der Waals surface area contributed by atoms with E-state index in [4.69, 9.17) is 9.72 Å². The third-order valence-electron chi connectivity index (χ3n) is 4.26. The first kappa shape index (κ1) is 14.7. The quantitative estimate of drug-likeness (QED) is 0.723. The summed E-state index contributed by atoms with van der Waals surface area (Å²) in [4.78, 5) is 8.04. The Labute approximate surface area is 139 Å². The second kappa shape index (κ2) is 5.62. The number of ether oxygens (including phenoxy) is 1. The Morgan fingerprint density at radius 1 is 1.13 bits per heavy atom. The number of thiazole rings is 1. The molecular weight excluding hydrogens is 308 g/mol.